The van der Waals surface area contributed by atoms with Crippen LogP contribution in [-0.2, 0) is 6.42 Å². The summed E-state index contributed by atoms with van der Waals surface area (Å²) in [6.45, 7) is 0. The number of H-pyrrole nitrogens is 1. The van der Waals surface area contributed by atoms with Crippen molar-refractivity contribution in [1.82, 2.24) is 10.3 Å². The summed E-state index contributed by atoms with van der Waals surface area (Å²) in [7, 11) is 1.95. The molecule has 0 saturated heterocycles. The molecule has 1 aliphatic rings. The summed E-state index contributed by atoms with van der Waals surface area (Å²) in [6.07, 6.45) is 2.83. The van der Waals surface area contributed by atoms with Crippen LogP contribution in [0.1, 0.15) is 18.4 Å². The maximum Gasteiger partial charge on any atom is 0.150 e. The van der Waals surface area contributed by atoms with Gasteiger partial charge in [0.2, 0.25) is 0 Å². The van der Waals surface area contributed by atoms with Crippen LogP contribution in [0.4, 0.5) is 13.2 Å². The lowest BCUT2D eigenvalue weighted by atomic mass is 9.76. The van der Waals surface area contributed by atoms with E-state index in [1.807, 2.05) is 7.05 Å². The third kappa shape index (κ3) is 2.93. The second-order valence-electron chi connectivity index (χ2n) is 6.82. The van der Waals surface area contributed by atoms with Gasteiger partial charge >= 0.3 is 0 Å². The highest BCUT2D eigenvalue weighted by molar-refractivity contribution is 5.91. The van der Waals surface area contributed by atoms with Gasteiger partial charge in [0, 0.05) is 23.2 Å². The summed E-state index contributed by atoms with van der Waals surface area (Å²) >= 11 is 0. The Morgan fingerprint density at radius 1 is 1.04 bits per heavy atom. The van der Waals surface area contributed by atoms with Crippen LogP contribution in [0.2, 0.25) is 0 Å². The normalized spacial score (nSPS) is 20.0. The minimum absolute atomic E-state index is 0.306. The number of fused-ring (bicyclic) bond motifs is 1. The molecule has 1 aliphatic carbocycles. The molecule has 2 aromatic carbocycles. The highest BCUT2D eigenvalue weighted by Crippen LogP contribution is 2.38. The summed E-state index contributed by atoms with van der Waals surface area (Å²) in [4.78, 5) is 3.09. The first kappa shape index (κ1) is 16.2. The van der Waals surface area contributed by atoms with Crippen molar-refractivity contribution in [3.05, 3.63) is 59.4 Å². The standard InChI is InChI=1S/C20H19F3N2/c1-24-15-6-11(7-15)8-16-17-9-14(22)10-18(23)20(17)25-19(16)12-2-4-13(21)5-3-12/h2-5,9-11,15,24-25H,6-8H2,1H3. The van der Waals surface area contributed by atoms with E-state index in [-0.39, 0.29) is 5.82 Å². The van der Waals surface area contributed by atoms with E-state index >= 15 is 0 Å². The van der Waals surface area contributed by atoms with Gasteiger partial charge in [0.25, 0.3) is 0 Å². The van der Waals surface area contributed by atoms with E-state index in [9.17, 15) is 13.2 Å². The first-order chi connectivity index (χ1) is 12.0. The smallest absolute Gasteiger partial charge is 0.150 e. The fourth-order valence-corrected chi connectivity index (χ4v) is 3.78. The van der Waals surface area contributed by atoms with E-state index in [4.69, 9.17) is 0 Å². The SMILES string of the molecule is CNC1CC(Cc2c(-c3ccc(F)cc3)[nH]c3c(F)cc(F)cc23)C1. The molecule has 1 fully saturated rings. The second-order valence-corrected chi connectivity index (χ2v) is 6.82. The molecule has 0 aliphatic heterocycles. The molecule has 2 N–H and O–H groups in total. The van der Waals surface area contributed by atoms with Crippen LogP contribution < -0.4 is 5.32 Å². The van der Waals surface area contributed by atoms with E-state index in [0.29, 0.717) is 22.9 Å². The predicted molar refractivity (Wildman–Crippen MR) is 92.9 cm³/mol. The molecule has 0 unspecified atom stereocenters. The van der Waals surface area contributed by atoms with Gasteiger partial charge in [-0.25, -0.2) is 13.2 Å². The molecule has 2 nitrogen and oxygen atoms in total. The molecule has 0 bridgehead atoms. The van der Waals surface area contributed by atoms with Gasteiger partial charge in [-0.2, -0.15) is 0 Å². The van der Waals surface area contributed by atoms with E-state index in [0.717, 1.165) is 42.1 Å². The van der Waals surface area contributed by atoms with Gasteiger partial charge in [0.05, 0.1) is 5.52 Å². The minimum atomic E-state index is -0.605. The largest absolute Gasteiger partial charge is 0.352 e. The molecule has 0 atom stereocenters. The third-order valence-electron chi connectivity index (χ3n) is 5.20. The van der Waals surface area contributed by atoms with Crippen molar-refractivity contribution < 1.29 is 13.2 Å². The minimum Gasteiger partial charge on any atom is -0.352 e. The molecule has 1 saturated carbocycles. The zero-order chi connectivity index (χ0) is 17.6. The fraction of sp³-hybridized carbons (Fsp3) is 0.300. The van der Waals surface area contributed by atoms with Gasteiger partial charge in [0.1, 0.15) is 17.5 Å². The maximum absolute atomic E-state index is 14.2. The molecule has 0 spiro atoms. The van der Waals surface area contributed by atoms with Crippen LogP contribution in [0.15, 0.2) is 36.4 Å². The second kappa shape index (κ2) is 6.23. The summed E-state index contributed by atoms with van der Waals surface area (Å²) in [6, 6.07) is 8.86. The molecule has 5 heteroatoms. The average Bonchev–Trinajstić information content (AvgIpc) is 2.90. The van der Waals surface area contributed by atoms with Crippen molar-refractivity contribution in [3.63, 3.8) is 0 Å². The first-order valence-corrected chi connectivity index (χ1v) is 8.48. The topological polar surface area (TPSA) is 27.8 Å². The summed E-state index contributed by atoms with van der Waals surface area (Å²) < 4.78 is 41.3. The Morgan fingerprint density at radius 3 is 2.44 bits per heavy atom. The molecule has 25 heavy (non-hydrogen) atoms. The van der Waals surface area contributed by atoms with Crippen LogP contribution >= 0.6 is 0 Å². The maximum atomic E-state index is 14.2. The van der Waals surface area contributed by atoms with Gasteiger partial charge in [-0.15, -0.1) is 0 Å². The highest BCUT2D eigenvalue weighted by atomic mass is 19.1. The van der Waals surface area contributed by atoms with Crippen molar-refractivity contribution in [2.24, 2.45) is 5.92 Å². The lowest BCUT2D eigenvalue weighted by molar-refractivity contribution is 0.233. The Balaban J connectivity index is 1.81. The fourth-order valence-electron chi connectivity index (χ4n) is 3.78. The van der Waals surface area contributed by atoms with Crippen molar-refractivity contribution in [3.8, 4) is 11.3 Å². The van der Waals surface area contributed by atoms with E-state index in [1.165, 1.54) is 18.2 Å². The number of halogens is 3. The van der Waals surface area contributed by atoms with Crippen molar-refractivity contribution in [2.75, 3.05) is 7.05 Å². The number of aromatic amines is 1. The Bertz CT molecular complexity index is 909. The van der Waals surface area contributed by atoms with Crippen LogP contribution in [0.25, 0.3) is 22.2 Å². The van der Waals surface area contributed by atoms with Crippen LogP contribution in [0, 0.1) is 23.4 Å². The van der Waals surface area contributed by atoms with Gasteiger partial charge in [-0.3, -0.25) is 0 Å². The number of rotatable bonds is 4. The van der Waals surface area contributed by atoms with Crippen molar-refractivity contribution in [2.45, 2.75) is 25.3 Å². The van der Waals surface area contributed by atoms with E-state index < -0.39 is 11.6 Å². The molecule has 4 rings (SSSR count). The zero-order valence-corrected chi connectivity index (χ0v) is 13.9. The summed E-state index contributed by atoms with van der Waals surface area (Å²) in [5, 5.41) is 3.82. The van der Waals surface area contributed by atoms with Gasteiger partial charge in [0.15, 0.2) is 0 Å². The first-order valence-electron chi connectivity index (χ1n) is 8.48. The third-order valence-corrected chi connectivity index (χ3v) is 5.20. The molecule has 0 radical (unpaired) electrons. The van der Waals surface area contributed by atoms with Crippen molar-refractivity contribution >= 4 is 10.9 Å². The lowest BCUT2D eigenvalue weighted by Gasteiger charge is -2.35. The lowest BCUT2D eigenvalue weighted by Crippen LogP contribution is -2.39. The predicted octanol–water partition coefficient (Wildman–Crippen LogP) is 4.79. The van der Waals surface area contributed by atoms with Gasteiger partial charge in [-0.05, 0) is 73.7 Å². The Hall–Kier alpha value is -2.27. The van der Waals surface area contributed by atoms with Crippen LogP contribution in [-0.4, -0.2) is 18.1 Å². The highest BCUT2D eigenvalue weighted by Gasteiger charge is 2.30. The number of benzene rings is 2. The van der Waals surface area contributed by atoms with Gasteiger partial charge < -0.3 is 10.3 Å². The van der Waals surface area contributed by atoms with Crippen molar-refractivity contribution in [1.29, 1.82) is 0 Å². The monoisotopic (exact) mass is 344 g/mol. The number of hydrogen-bond acceptors (Lipinski definition) is 1. The van der Waals surface area contributed by atoms with Crippen LogP contribution in [0.5, 0.6) is 0 Å². The molecule has 1 aromatic heterocycles. The number of hydrogen-bond donors (Lipinski definition) is 2. The number of nitrogens with one attached hydrogen (secondary N) is 2. The Kier molecular flexibility index (Phi) is 4.04. The molecular formula is C20H19F3N2. The number of aromatic nitrogens is 1. The Morgan fingerprint density at radius 2 is 1.76 bits per heavy atom. The summed E-state index contributed by atoms with van der Waals surface area (Å²) in [5.74, 6) is -1.04. The molecule has 0 amide bonds. The molecule has 1 heterocycles. The zero-order valence-electron chi connectivity index (χ0n) is 13.9. The molecule has 130 valence electrons. The van der Waals surface area contributed by atoms with E-state index in [2.05, 4.69) is 10.3 Å². The molecule has 3 aromatic rings. The quantitative estimate of drug-likeness (QED) is 0.699. The Labute approximate surface area is 144 Å². The summed E-state index contributed by atoms with van der Waals surface area (Å²) in [5.41, 5.74) is 2.73. The van der Waals surface area contributed by atoms with E-state index in [1.54, 1.807) is 12.1 Å². The van der Waals surface area contributed by atoms with Gasteiger partial charge in [-0.1, -0.05) is 0 Å². The average molecular weight is 344 g/mol. The molecular weight excluding hydrogens is 325 g/mol. The van der Waals surface area contributed by atoms with Crippen LogP contribution in [0.3, 0.4) is 0 Å².